The topological polar surface area (TPSA) is 83.1 Å². The standard InChI is InChI=1S/C27H40N6O3.C12H11.Li/c1-3-23-19(2)28-25(30-24(23)32-15-20-7-8-21(16-32)29-20)36-18-27-10-6-14-33(27)22(9-11-27)17-35-26(34)31-12-4-5-13-31;1-2-10-7-5-8-11-6-3-4-9-12(10)11;/h20-22,29H,1-18H2;3-8H,2H2,1H3;/q-2;-1;+1/t20?,21?,22-,27-;;/m1../s1. The molecule has 10 heteroatoms. The van der Waals surface area contributed by atoms with Gasteiger partial charge in [-0.3, -0.25) is 4.90 Å². The Morgan fingerprint density at radius 3 is 2.57 bits per heavy atom. The molecule has 5 fully saturated rings. The average Bonchev–Trinajstić information content (AvgIpc) is 3.92. The van der Waals surface area contributed by atoms with Gasteiger partial charge in [0.15, 0.2) is 0 Å². The van der Waals surface area contributed by atoms with Crippen molar-refractivity contribution in [2.24, 2.45) is 0 Å². The molecule has 0 spiro atoms. The summed E-state index contributed by atoms with van der Waals surface area (Å²) in [7, 11) is 0. The number of piperazine rings is 1. The third-order valence-electron chi connectivity index (χ3n) is 11.2. The van der Waals surface area contributed by atoms with Crippen LogP contribution in [0.15, 0.2) is 36.4 Å². The van der Waals surface area contributed by atoms with Crippen LogP contribution in [0.1, 0.15) is 75.1 Å². The van der Waals surface area contributed by atoms with Crippen LogP contribution in [0.2, 0.25) is 0 Å². The Balaban J connectivity index is 0.000000270. The molecule has 4 atom stereocenters. The van der Waals surface area contributed by atoms with Crippen LogP contribution in [-0.4, -0.2) is 95.5 Å². The fraction of sp³-hybridized carbons (Fsp3) is 0.564. The Kier molecular flexibility index (Phi) is 11.7. The van der Waals surface area contributed by atoms with Crippen LogP contribution in [0.25, 0.3) is 10.8 Å². The van der Waals surface area contributed by atoms with Gasteiger partial charge < -0.3 is 31.5 Å². The molecule has 1 N–H and O–H groups in total. The Hall–Kier alpha value is -2.96. The summed E-state index contributed by atoms with van der Waals surface area (Å²) < 4.78 is 12.1. The maximum absolute atomic E-state index is 12.4. The van der Waals surface area contributed by atoms with Crippen molar-refractivity contribution in [3.05, 3.63) is 73.1 Å². The third-order valence-corrected chi connectivity index (χ3v) is 11.2. The van der Waals surface area contributed by atoms with E-state index < -0.39 is 0 Å². The van der Waals surface area contributed by atoms with Crippen molar-refractivity contribution < 1.29 is 33.1 Å². The zero-order valence-electron chi connectivity index (χ0n) is 29.6. The number of nitrogens with zero attached hydrogens (tertiary/aromatic N) is 5. The molecule has 8 rings (SSSR count). The van der Waals surface area contributed by atoms with Gasteiger partial charge in [-0.05, 0) is 57.9 Å². The first-order chi connectivity index (χ1) is 23.5. The van der Waals surface area contributed by atoms with E-state index in [4.69, 9.17) is 14.5 Å². The molecule has 0 radical (unpaired) electrons. The second-order valence-electron chi connectivity index (χ2n) is 14.2. The Morgan fingerprint density at radius 2 is 1.82 bits per heavy atom. The van der Waals surface area contributed by atoms with Crippen LogP contribution in [0, 0.1) is 19.9 Å². The molecule has 49 heavy (non-hydrogen) atoms. The number of carbonyl (C=O) groups excluding carboxylic acids is 1. The number of ether oxygens (including phenoxy) is 2. The summed E-state index contributed by atoms with van der Waals surface area (Å²) in [4.78, 5) is 28.7. The summed E-state index contributed by atoms with van der Waals surface area (Å²) in [5, 5.41) is 6.25. The number of hydrogen-bond acceptors (Lipinski definition) is 8. The number of likely N-dealkylation sites (tertiary alicyclic amines) is 1. The maximum atomic E-state index is 12.4. The number of anilines is 1. The van der Waals surface area contributed by atoms with Gasteiger partial charge in [-0.2, -0.15) is 10.5 Å². The SMILES string of the molecule is CCc1cccc2ccc[c-]c12.[CH2-]Cc1c([CH2-])nc(OC[C@]23CCCN2[C@@H](COC(=O)N2CCCC2)CC3)nc1N1CC2CCC(C1)N2.[Li+]. The van der Waals surface area contributed by atoms with E-state index in [9.17, 15) is 4.79 Å². The van der Waals surface area contributed by atoms with E-state index in [1.807, 2.05) is 17.0 Å². The van der Waals surface area contributed by atoms with Gasteiger partial charge in [-0.15, -0.1) is 46.7 Å². The summed E-state index contributed by atoms with van der Waals surface area (Å²) in [6.07, 6.45) is 10.4. The molecular formula is C39H51LiN6O3-2. The van der Waals surface area contributed by atoms with Crippen molar-refractivity contribution >= 4 is 22.7 Å². The van der Waals surface area contributed by atoms with E-state index in [0.29, 0.717) is 37.7 Å². The van der Waals surface area contributed by atoms with Gasteiger partial charge in [0.1, 0.15) is 13.2 Å². The number of aromatic nitrogens is 2. The van der Waals surface area contributed by atoms with Crippen LogP contribution in [0.3, 0.4) is 0 Å². The van der Waals surface area contributed by atoms with Crippen LogP contribution >= 0.6 is 0 Å². The molecule has 5 saturated heterocycles. The number of amides is 1. The van der Waals surface area contributed by atoms with Gasteiger partial charge in [-0.1, -0.05) is 31.2 Å². The number of rotatable bonds is 8. The maximum Gasteiger partial charge on any atom is 1.00 e. The van der Waals surface area contributed by atoms with Crippen molar-refractivity contribution in [3.8, 4) is 6.01 Å². The first-order valence-electron chi connectivity index (χ1n) is 18.2. The van der Waals surface area contributed by atoms with Gasteiger partial charge in [0, 0.05) is 44.3 Å². The van der Waals surface area contributed by atoms with Crippen molar-refractivity contribution in [2.45, 2.75) is 94.8 Å². The predicted octanol–water partition coefficient (Wildman–Crippen LogP) is 2.79. The number of fused-ring (bicyclic) bond motifs is 4. The van der Waals surface area contributed by atoms with Gasteiger partial charge in [-0.25, -0.2) is 23.1 Å². The number of benzene rings is 2. The molecular weight excluding hydrogens is 607 g/mol. The Labute approximate surface area is 304 Å². The molecule has 1 amide bonds. The van der Waals surface area contributed by atoms with Gasteiger partial charge in [0.25, 0.3) is 0 Å². The molecule has 258 valence electrons. The first-order valence-corrected chi connectivity index (χ1v) is 18.2. The Morgan fingerprint density at radius 1 is 1.04 bits per heavy atom. The monoisotopic (exact) mass is 658 g/mol. The quantitative estimate of drug-likeness (QED) is 0.293. The van der Waals surface area contributed by atoms with Gasteiger partial charge >= 0.3 is 31.0 Å². The van der Waals surface area contributed by atoms with Crippen molar-refractivity contribution in [1.82, 2.24) is 25.1 Å². The summed E-state index contributed by atoms with van der Waals surface area (Å²) in [5.74, 6) is 0.942. The zero-order valence-corrected chi connectivity index (χ0v) is 29.6. The van der Waals surface area contributed by atoms with E-state index in [2.05, 4.69) is 71.2 Å². The van der Waals surface area contributed by atoms with E-state index in [0.717, 1.165) is 94.7 Å². The predicted molar refractivity (Wildman–Crippen MR) is 189 cm³/mol. The smallest absolute Gasteiger partial charge is 0.462 e. The Bertz CT molecular complexity index is 1570. The molecule has 3 aromatic rings. The normalized spacial score (nSPS) is 25.9. The molecule has 2 unspecified atom stereocenters. The first kappa shape index (κ1) is 35.8. The second kappa shape index (κ2) is 15.9. The van der Waals surface area contributed by atoms with Crippen LogP contribution < -0.4 is 33.8 Å². The minimum absolute atomic E-state index is 0. The molecule has 5 aliphatic heterocycles. The minimum atomic E-state index is -0.156. The molecule has 2 aromatic carbocycles. The molecule has 0 saturated carbocycles. The molecule has 2 bridgehead atoms. The fourth-order valence-corrected chi connectivity index (χ4v) is 8.71. The van der Waals surface area contributed by atoms with Gasteiger partial charge in [0.2, 0.25) is 0 Å². The van der Waals surface area contributed by atoms with Crippen molar-refractivity contribution in [3.63, 3.8) is 0 Å². The largest absolute Gasteiger partial charge is 1.00 e. The second-order valence-corrected chi connectivity index (χ2v) is 14.2. The van der Waals surface area contributed by atoms with E-state index in [-0.39, 0.29) is 36.5 Å². The van der Waals surface area contributed by atoms with E-state index in [1.54, 1.807) is 0 Å². The number of hydrogen-bond donors (Lipinski definition) is 1. The van der Waals surface area contributed by atoms with E-state index >= 15 is 0 Å². The van der Waals surface area contributed by atoms with Crippen LogP contribution in [-0.2, 0) is 17.6 Å². The number of carbonyl (C=O) groups is 1. The summed E-state index contributed by atoms with van der Waals surface area (Å²) in [6, 6.07) is 17.5. The third kappa shape index (κ3) is 7.71. The fourth-order valence-electron chi connectivity index (χ4n) is 8.71. The zero-order chi connectivity index (χ0) is 33.1. The van der Waals surface area contributed by atoms with Crippen molar-refractivity contribution in [1.29, 1.82) is 0 Å². The molecule has 9 nitrogen and oxygen atoms in total. The van der Waals surface area contributed by atoms with Crippen molar-refractivity contribution in [2.75, 3.05) is 50.8 Å². The minimum Gasteiger partial charge on any atom is -0.462 e. The number of aryl methyl sites for hydroxylation is 1. The summed E-state index contributed by atoms with van der Waals surface area (Å²) in [5.41, 5.74) is 3.09. The summed E-state index contributed by atoms with van der Waals surface area (Å²) in [6.45, 7) is 16.1. The average molecular weight is 659 g/mol. The molecule has 0 aliphatic carbocycles. The molecule has 1 aromatic heterocycles. The molecule has 5 aliphatic rings. The van der Waals surface area contributed by atoms with Crippen LogP contribution in [0.5, 0.6) is 6.01 Å². The number of nitrogens with one attached hydrogen (secondary N) is 1. The van der Waals surface area contributed by atoms with E-state index in [1.165, 1.54) is 29.2 Å². The van der Waals surface area contributed by atoms with Crippen LogP contribution in [0.4, 0.5) is 10.6 Å². The van der Waals surface area contributed by atoms with Gasteiger partial charge in [0.05, 0.1) is 11.4 Å². The summed E-state index contributed by atoms with van der Waals surface area (Å²) >= 11 is 0. The molecule has 6 heterocycles.